The van der Waals surface area contributed by atoms with Crippen LogP contribution in [0.5, 0.6) is 0 Å². The zero-order chi connectivity index (χ0) is 23.9. The van der Waals surface area contributed by atoms with Crippen LogP contribution in [0.25, 0.3) is 16.9 Å². The molecule has 1 saturated heterocycles. The van der Waals surface area contributed by atoms with Crippen molar-refractivity contribution in [1.82, 2.24) is 19.7 Å². The van der Waals surface area contributed by atoms with E-state index in [1.165, 1.54) is 0 Å². The fraction of sp³-hybridized carbons (Fsp3) is 0.320. The number of para-hydroxylation sites is 1. The molecule has 176 valence electrons. The van der Waals surface area contributed by atoms with Crippen molar-refractivity contribution in [3.63, 3.8) is 0 Å². The fourth-order valence-electron chi connectivity index (χ4n) is 3.87. The molecule has 3 aromatic rings. The maximum Gasteiger partial charge on any atom is 0.342 e. The average Bonchev–Trinajstić information content (AvgIpc) is 3.34. The summed E-state index contributed by atoms with van der Waals surface area (Å²) in [6, 6.07) is 13.0. The third kappa shape index (κ3) is 5.31. The molecule has 3 heterocycles. The van der Waals surface area contributed by atoms with Crippen LogP contribution < -0.4 is 0 Å². The number of carbonyl (C=O) groups excluding carboxylic acids is 3. The molecule has 1 aliphatic rings. The van der Waals surface area contributed by atoms with Crippen molar-refractivity contribution in [3.8, 4) is 16.9 Å². The molecule has 0 aliphatic carbocycles. The summed E-state index contributed by atoms with van der Waals surface area (Å²) in [4.78, 5) is 43.2. The van der Waals surface area contributed by atoms with Gasteiger partial charge in [0, 0.05) is 37.2 Å². The van der Waals surface area contributed by atoms with Crippen molar-refractivity contribution >= 4 is 17.8 Å². The first-order chi connectivity index (χ1) is 16.6. The second-order valence-corrected chi connectivity index (χ2v) is 7.90. The molecule has 0 saturated carbocycles. The van der Waals surface area contributed by atoms with Gasteiger partial charge in [0.15, 0.2) is 6.61 Å². The van der Waals surface area contributed by atoms with E-state index in [0.717, 1.165) is 5.69 Å². The molecule has 0 unspecified atom stereocenters. The highest BCUT2D eigenvalue weighted by atomic mass is 16.5. The molecule has 9 nitrogen and oxygen atoms in total. The summed E-state index contributed by atoms with van der Waals surface area (Å²) in [5.74, 6) is -1.36. The van der Waals surface area contributed by atoms with Gasteiger partial charge in [0.2, 0.25) is 0 Å². The van der Waals surface area contributed by atoms with E-state index in [1.54, 1.807) is 47.2 Å². The largest absolute Gasteiger partial charge is 0.466 e. The zero-order valence-electron chi connectivity index (χ0n) is 18.9. The number of hydrogen-bond donors (Lipinski definition) is 0. The lowest BCUT2D eigenvalue weighted by Gasteiger charge is -2.30. The van der Waals surface area contributed by atoms with Crippen molar-refractivity contribution in [2.75, 3.05) is 26.3 Å². The average molecular weight is 463 g/mol. The number of amides is 1. The molecule has 0 radical (unpaired) electrons. The smallest absolute Gasteiger partial charge is 0.342 e. The Hall–Kier alpha value is -4.01. The molecule has 0 atom stereocenters. The van der Waals surface area contributed by atoms with Crippen molar-refractivity contribution in [1.29, 1.82) is 0 Å². The number of ether oxygens (including phenoxy) is 2. The summed E-state index contributed by atoms with van der Waals surface area (Å²) in [7, 11) is 0. The van der Waals surface area contributed by atoms with Crippen LogP contribution in [0.15, 0.2) is 61.1 Å². The predicted octanol–water partition coefficient (Wildman–Crippen LogP) is 2.89. The number of hydrogen-bond acceptors (Lipinski definition) is 7. The Morgan fingerprint density at radius 1 is 1.03 bits per heavy atom. The summed E-state index contributed by atoms with van der Waals surface area (Å²) < 4.78 is 12.0. The highest BCUT2D eigenvalue weighted by Crippen LogP contribution is 2.24. The van der Waals surface area contributed by atoms with Crippen molar-refractivity contribution in [3.05, 3.63) is 66.6 Å². The Bertz CT molecular complexity index is 1140. The molecular formula is C25H26N4O5. The van der Waals surface area contributed by atoms with Crippen LogP contribution in [0.3, 0.4) is 0 Å². The summed E-state index contributed by atoms with van der Waals surface area (Å²) in [6.45, 7) is 2.58. The SMILES string of the molecule is CCOC(=O)C1CCN(C(=O)COC(=O)c2cn(-c3ccccc3)nc2-c2cccnc2)CC1. The molecule has 2 aromatic heterocycles. The number of nitrogens with zero attached hydrogens (tertiary/aromatic N) is 4. The molecule has 1 fully saturated rings. The van der Waals surface area contributed by atoms with E-state index in [1.807, 2.05) is 30.3 Å². The second-order valence-electron chi connectivity index (χ2n) is 7.90. The van der Waals surface area contributed by atoms with Crippen LogP contribution in [-0.2, 0) is 19.1 Å². The summed E-state index contributed by atoms with van der Waals surface area (Å²) in [6.07, 6.45) is 5.92. The number of rotatable bonds is 7. The second kappa shape index (κ2) is 10.7. The Kier molecular flexibility index (Phi) is 7.31. The molecule has 0 N–H and O–H groups in total. The number of likely N-dealkylation sites (tertiary alicyclic amines) is 1. The van der Waals surface area contributed by atoms with Gasteiger partial charge in [-0.2, -0.15) is 5.10 Å². The van der Waals surface area contributed by atoms with Gasteiger partial charge in [0.1, 0.15) is 11.3 Å². The summed E-state index contributed by atoms with van der Waals surface area (Å²) in [5, 5.41) is 4.57. The zero-order valence-corrected chi connectivity index (χ0v) is 18.9. The van der Waals surface area contributed by atoms with Gasteiger partial charge < -0.3 is 14.4 Å². The predicted molar refractivity (Wildman–Crippen MR) is 123 cm³/mol. The normalized spacial score (nSPS) is 14.0. The first-order valence-electron chi connectivity index (χ1n) is 11.2. The number of carbonyl (C=O) groups is 3. The lowest BCUT2D eigenvalue weighted by atomic mass is 9.97. The van der Waals surface area contributed by atoms with Gasteiger partial charge in [-0.25, -0.2) is 9.48 Å². The van der Waals surface area contributed by atoms with E-state index >= 15 is 0 Å². The number of pyridine rings is 1. The first kappa shape index (κ1) is 23.2. The molecule has 0 spiro atoms. The van der Waals surface area contributed by atoms with Crippen molar-refractivity contribution in [2.24, 2.45) is 5.92 Å². The van der Waals surface area contributed by atoms with Crippen LogP contribution in [-0.4, -0.2) is 63.8 Å². The summed E-state index contributed by atoms with van der Waals surface area (Å²) in [5.41, 5.74) is 2.11. The Balaban J connectivity index is 1.43. The van der Waals surface area contributed by atoms with E-state index in [9.17, 15) is 14.4 Å². The van der Waals surface area contributed by atoms with E-state index in [4.69, 9.17) is 9.47 Å². The molecule has 1 aromatic carbocycles. The van der Waals surface area contributed by atoms with Gasteiger partial charge >= 0.3 is 11.9 Å². The van der Waals surface area contributed by atoms with Crippen LogP contribution in [0.4, 0.5) is 0 Å². The number of benzene rings is 1. The highest BCUT2D eigenvalue weighted by Gasteiger charge is 2.29. The van der Waals surface area contributed by atoms with Crippen LogP contribution in [0, 0.1) is 5.92 Å². The topological polar surface area (TPSA) is 104 Å². The lowest BCUT2D eigenvalue weighted by molar-refractivity contribution is -0.151. The third-order valence-corrected chi connectivity index (χ3v) is 5.68. The Morgan fingerprint density at radius 2 is 1.79 bits per heavy atom. The third-order valence-electron chi connectivity index (χ3n) is 5.68. The van der Waals surface area contributed by atoms with Crippen LogP contribution in [0.1, 0.15) is 30.1 Å². The first-order valence-corrected chi connectivity index (χ1v) is 11.2. The molecule has 1 amide bonds. The van der Waals surface area contributed by atoms with Gasteiger partial charge in [-0.05, 0) is 44.0 Å². The maximum absolute atomic E-state index is 13.0. The van der Waals surface area contributed by atoms with Gasteiger partial charge in [-0.1, -0.05) is 18.2 Å². The van der Waals surface area contributed by atoms with Crippen molar-refractivity contribution < 1.29 is 23.9 Å². The van der Waals surface area contributed by atoms with Gasteiger partial charge in [-0.3, -0.25) is 14.6 Å². The van der Waals surface area contributed by atoms with E-state index < -0.39 is 5.97 Å². The highest BCUT2D eigenvalue weighted by molar-refractivity contribution is 5.97. The molecule has 1 aliphatic heterocycles. The lowest BCUT2D eigenvalue weighted by Crippen LogP contribution is -2.42. The molecular weight excluding hydrogens is 436 g/mol. The number of aromatic nitrogens is 3. The quantitative estimate of drug-likeness (QED) is 0.497. The van der Waals surface area contributed by atoms with E-state index in [2.05, 4.69) is 10.1 Å². The molecule has 4 rings (SSSR count). The van der Waals surface area contributed by atoms with E-state index in [-0.39, 0.29) is 30.0 Å². The standard InChI is InChI=1S/C25H26N4O5/c1-2-33-24(31)18-10-13-28(14-11-18)22(30)17-34-25(32)21-16-29(20-8-4-3-5-9-20)27-23(21)19-7-6-12-26-15-19/h3-9,12,15-16,18H,2,10-11,13-14,17H2,1H3. The molecule has 0 bridgehead atoms. The number of piperidine rings is 1. The Labute approximate surface area is 197 Å². The fourth-order valence-corrected chi connectivity index (χ4v) is 3.87. The molecule has 34 heavy (non-hydrogen) atoms. The monoisotopic (exact) mass is 462 g/mol. The minimum atomic E-state index is -0.643. The minimum absolute atomic E-state index is 0.197. The van der Waals surface area contributed by atoms with Crippen LogP contribution >= 0.6 is 0 Å². The van der Waals surface area contributed by atoms with Gasteiger partial charge in [0.25, 0.3) is 5.91 Å². The Morgan fingerprint density at radius 3 is 2.47 bits per heavy atom. The van der Waals surface area contributed by atoms with Crippen LogP contribution in [0.2, 0.25) is 0 Å². The van der Waals surface area contributed by atoms with Crippen molar-refractivity contribution in [2.45, 2.75) is 19.8 Å². The summed E-state index contributed by atoms with van der Waals surface area (Å²) >= 11 is 0. The minimum Gasteiger partial charge on any atom is -0.466 e. The molecule has 9 heteroatoms. The maximum atomic E-state index is 13.0. The van der Waals surface area contributed by atoms with Gasteiger partial charge in [-0.15, -0.1) is 0 Å². The van der Waals surface area contributed by atoms with E-state index in [0.29, 0.717) is 43.8 Å². The number of esters is 2. The van der Waals surface area contributed by atoms with Gasteiger partial charge in [0.05, 0.1) is 18.2 Å².